The van der Waals surface area contributed by atoms with Gasteiger partial charge in [-0.25, -0.2) is 44.5 Å². The van der Waals surface area contributed by atoms with Crippen molar-refractivity contribution < 1.29 is 93.9 Å². The summed E-state index contributed by atoms with van der Waals surface area (Å²) in [4.78, 5) is 49.9. The number of hydrogen-bond acceptors (Lipinski definition) is 12. The zero-order valence-corrected chi connectivity index (χ0v) is 40.8. The number of alkyl halides is 8. The van der Waals surface area contributed by atoms with Crippen molar-refractivity contribution in [3.05, 3.63) is 93.0 Å². The third-order valence-electron chi connectivity index (χ3n) is 11.4. The van der Waals surface area contributed by atoms with E-state index in [1.807, 2.05) is 0 Å². The number of amides is 2. The molecule has 0 saturated heterocycles. The fourth-order valence-electron chi connectivity index (χ4n) is 7.98. The molecular weight excluding hydrogens is 1090 g/mol. The van der Waals surface area contributed by atoms with Crippen LogP contribution in [0.4, 0.5) is 54.5 Å². The molecule has 2 aliphatic rings. The number of aromatic nitrogens is 5. The number of fused-ring (bicyclic) bond motifs is 4. The van der Waals surface area contributed by atoms with Crippen molar-refractivity contribution in [3.8, 4) is 23.0 Å². The highest BCUT2D eigenvalue weighted by molar-refractivity contribution is 7.93. The number of sulfone groups is 1. The topological polar surface area (TPSA) is 242 Å². The molecule has 1 fully saturated rings. The highest BCUT2D eigenvalue weighted by Crippen LogP contribution is 2.68. The van der Waals surface area contributed by atoms with Crippen LogP contribution in [0.25, 0.3) is 22.0 Å². The zero-order chi connectivity index (χ0) is 54.3. The lowest BCUT2D eigenvalue weighted by Crippen LogP contribution is -2.37. The average Bonchev–Trinajstić information content (AvgIpc) is 3.73. The number of anilines is 1. The van der Waals surface area contributed by atoms with Crippen LogP contribution in [0, 0.1) is 29.4 Å². The summed E-state index contributed by atoms with van der Waals surface area (Å²) in [5, 5.41) is 8.07. The van der Waals surface area contributed by atoms with Crippen LogP contribution in [0.1, 0.15) is 66.1 Å². The number of pyridine rings is 1. The van der Waals surface area contributed by atoms with Crippen LogP contribution >= 0.6 is 19.4 Å². The van der Waals surface area contributed by atoms with Crippen LogP contribution < -0.4 is 9.62 Å². The van der Waals surface area contributed by atoms with Crippen molar-refractivity contribution in [1.82, 2.24) is 29.9 Å². The van der Waals surface area contributed by atoms with Gasteiger partial charge in [-0.2, -0.15) is 49.6 Å². The first-order chi connectivity index (χ1) is 33.4. The van der Waals surface area contributed by atoms with E-state index in [1.54, 1.807) is 0 Å². The van der Waals surface area contributed by atoms with Gasteiger partial charge in [0.25, 0.3) is 5.92 Å². The molecule has 73 heavy (non-hydrogen) atoms. The molecule has 32 heteroatoms. The van der Waals surface area contributed by atoms with E-state index in [1.165, 1.54) is 13.8 Å². The van der Waals surface area contributed by atoms with Crippen molar-refractivity contribution in [2.24, 2.45) is 5.92 Å². The molecule has 0 radical (unpaired) electrons. The Kier molecular flexibility index (Phi) is 14.2. The van der Waals surface area contributed by atoms with E-state index in [4.69, 9.17) is 21.4 Å². The van der Waals surface area contributed by atoms with Crippen molar-refractivity contribution >= 4 is 68.0 Å². The molecule has 2 aromatic carbocycles. The minimum Gasteiger partial charge on any atom is -0.421 e. The number of nitrogens with zero attached hydrogens (tertiary/aromatic N) is 6. The summed E-state index contributed by atoms with van der Waals surface area (Å²) in [5.74, 6) is -6.58. The Morgan fingerprint density at radius 2 is 1.62 bits per heavy atom. The summed E-state index contributed by atoms with van der Waals surface area (Å²) >= 11 is 6.52. The summed E-state index contributed by atoms with van der Waals surface area (Å²) in [6.07, 6.45) is -12.4. The second-order valence-corrected chi connectivity index (χ2v) is 23.2. The monoisotopic (exact) mass is 1120 g/mol. The number of phosphoric ester groups is 1. The molecule has 5 aromatic rings. The third-order valence-corrected chi connectivity index (χ3v) is 15.1. The Morgan fingerprint density at radius 3 is 2.19 bits per heavy atom. The van der Waals surface area contributed by atoms with Crippen molar-refractivity contribution in [1.29, 1.82) is 0 Å². The first kappa shape index (κ1) is 54.9. The van der Waals surface area contributed by atoms with Gasteiger partial charge in [-0.05, 0) is 74.4 Å². The fourth-order valence-corrected chi connectivity index (χ4v) is 9.41. The number of hydrogen-bond donors (Lipinski definition) is 3. The first-order valence-corrected chi connectivity index (χ1v) is 26.2. The molecule has 3 atom stereocenters. The zero-order valence-electron chi connectivity index (χ0n) is 37.5. The number of benzene rings is 2. The maximum Gasteiger partial charge on any atom is 0.472 e. The third kappa shape index (κ3) is 11.6. The molecule has 3 N–H and O–H groups in total. The molecular formula is C41H35ClF10N7O11PS2. The highest BCUT2D eigenvalue weighted by atomic mass is 35.5. The van der Waals surface area contributed by atoms with Crippen molar-refractivity contribution in [3.63, 3.8) is 0 Å². The summed E-state index contributed by atoms with van der Waals surface area (Å²) in [7, 11) is -14.4. The van der Waals surface area contributed by atoms with Gasteiger partial charge in [-0.3, -0.25) is 14.2 Å². The van der Waals surface area contributed by atoms with Gasteiger partial charge in [-0.15, -0.1) is 0 Å². The standard InChI is InChI=1S/C41H35ClF10N7O11PS2/c1-38(2,72(3,65)66)10-9-22-5-6-23(24-7-8-27(42)31-33(24)58(17-39(45,46)47)56-36(31)59(73(4,67)68)37(61)69-18-70-71(62,63)64)32(53-22)28(13-19-11-20(43)14-21(44)12-19)54-29(60)16-57-35-30(34(55-57)41(50,51)52)25-15-26(25)40(35,48)49/h5-8,11-12,14,25-26,28H,13,15-18H2,1-4H3,(H,54,60)(H2,62,63,64)/t25-,26+,28-/m0/s1. The Balaban J connectivity index is 1.48. The summed E-state index contributed by atoms with van der Waals surface area (Å²) < 4.78 is 216. The lowest BCUT2D eigenvalue weighted by molar-refractivity contribution is -0.143. The average molecular weight is 1120 g/mol. The summed E-state index contributed by atoms with van der Waals surface area (Å²) in [5.41, 5.74) is -6.54. The minimum absolute atomic E-state index is 0.117. The minimum atomic E-state index is -5.37. The second kappa shape index (κ2) is 18.8. The van der Waals surface area contributed by atoms with Crippen LogP contribution in [0.15, 0.2) is 42.5 Å². The molecule has 7 rings (SSSR count). The maximum absolute atomic E-state index is 15.6. The van der Waals surface area contributed by atoms with Gasteiger partial charge >= 0.3 is 26.3 Å². The van der Waals surface area contributed by atoms with E-state index in [2.05, 4.69) is 41.6 Å². The summed E-state index contributed by atoms with van der Waals surface area (Å²) in [6, 6.07) is 4.22. The first-order valence-electron chi connectivity index (χ1n) is 20.6. The van der Waals surface area contributed by atoms with Gasteiger partial charge in [0.15, 0.2) is 21.3 Å². The predicted molar refractivity (Wildman–Crippen MR) is 235 cm³/mol. The van der Waals surface area contributed by atoms with E-state index in [0.29, 0.717) is 12.3 Å². The molecule has 0 spiro atoms. The van der Waals surface area contributed by atoms with Crippen LogP contribution in [0.5, 0.6) is 0 Å². The maximum atomic E-state index is 15.6. The lowest BCUT2D eigenvalue weighted by Gasteiger charge is -2.23. The predicted octanol–water partition coefficient (Wildman–Crippen LogP) is 7.26. The molecule has 2 aliphatic carbocycles. The second-order valence-electron chi connectivity index (χ2n) is 17.2. The SMILES string of the molecule is CC(C)(C#Cc1ccc(-c2ccc(Cl)c3c(N(C(=O)OCOP(=O)(O)O)S(C)(=O)=O)nn(CC(F)(F)F)c23)c([C@H](Cc2cc(F)cc(F)c2)NC(=O)Cn2nc(C(F)(F)F)c3c2C(F)(F)[C@@H]2C[C@H]32)n1)S(C)(=O)=O. The Labute approximate surface area is 410 Å². The number of carbonyl (C=O) groups is 2. The summed E-state index contributed by atoms with van der Waals surface area (Å²) in [6.45, 7) is -2.65. The number of carbonyl (C=O) groups excluding carboxylic acids is 2. The highest BCUT2D eigenvalue weighted by Gasteiger charge is 2.68. The van der Waals surface area contributed by atoms with Gasteiger partial charge in [-0.1, -0.05) is 23.6 Å². The van der Waals surface area contributed by atoms with Gasteiger partial charge in [0.2, 0.25) is 22.7 Å². The lowest BCUT2D eigenvalue weighted by atomic mass is 9.93. The number of sulfonamides is 1. The van der Waals surface area contributed by atoms with E-state index in [9.17, 15) is 66.1 Å². The Bertz CT molecular complexity index is 3430. The van der Waals surface area contributed by atoms with Crippen molar-refractivity contribution in [2.45, 2.75) is 74.8 Å². The number of phosphoric acid groups is 1. The molecule has 3 aromatic heterocycles. The Morgan fingerprint density at radius 1 is 0.986 bits per heavy atom. The molecule has 394 valence electrons. The van der Waals surface area contributed by atoms with Crippen LogP contribution in [-0.4, -0.2) is 93.4 Å². The van der Waals surface area contributed by atoms with E-state index in [-0.39, 0.29) is 31.3 Å². The van der Waals surface area contributed by atoms with Crippen LogP contribution in [0.2, 0.25) is 5.02 Å². The fraction of sp³-hybridized carbons (Fsp3) is 0.390. The van der Waals surface area contributed by atoms with Gasteiger partial charge in [0.05, 0.1) is 33.9 Å². The van der Waals surface area contributed by atoms with Crippen LogP contribution in [0.3, 0.4) is 0 Å². The smallest absolute Gasteiger partial charge is 0.421 e. The number of rotatable bonds is 14. The van der Waals surface area contributed by atoms with Gasteiger partial charge < -0.3 is 19.8 Å². The number of halogens is 11. The molecule has 1 saturated carbocycles. The quantitative estimate of drug-likeness (QED) is 0.0429. The molecule has 0 aliphatic heterocycles. The molecule has 18 nitrogen and oxygen atoms in total. The normalized spacial score (nSPS) is 17.1. The van der Waals surface area contributed by atoms with Gasteiger partial charge in [0, 0.05) is 34.9 Å². The Hall–Kier alpha value is -5.83. The van der Waals surface area contributed by atoms with E-state index < -0.39 is 174 Å². The largest absolute Gasteiger partial charge is 0.472 e. The molecule has 2 amide bonds. The van der Waals surface area contributed by atoms with Crippen LogP contribution in [-0.2, 0) is 70.1 Å². The van der Waals surface area contributed by atoms with E-state index in [0.717, 1.165) is 42.7 Å². The molecule has 3 heterocycles. The molecule has 0 unspecified atom stereocenters. The van der Waals surface area contributed by atoms with E-state index >= 15 is 8.78 Å². The number of ether oxygens (including phenoxy) is 1. The number of nitrogens with one attached hydrogen (secondary N) is 1. The van der Waals surface area contributed by atoms with Gasteiger partial charge in [0.1, 0.15) is 40.9 Å². The molecule has 0 bridgehead atoms. The van der Waals surface area contributed by atoms with Crippen molar-refractivity contribution in [2.75, 3.05) is 23.6 Å².